The lowest BCUT2D eigenvalue weighted by molar-refractivity contribution is 0.102. The highest BCUT2D eigenvalue weighted by Gasteiger charge is 2.11. The quantitative estimate of drug-likeness (QED) is 0.593. The summed E-state index contributed by atoms with van der Waals surface area (Å²) in [5.74, 6) is 5.25. The number of benzene rings is 2. The van der Waals surface area contributed by atoms with Crippen LogP contribution in [0.1, 0.15) is 21.5 Å². The normalized spacial score (nSPS) is 10.2. The summed E-state index contributed by atoms with van der Waals surface area (Å²) in [7, 11) is 0. The van der Waals surface area contributed by atoms with Gasteiger partial charge in [0.05, 0.1) is 11.3 Å². The molecule has 0 aliphatic carbocycles. The average Bonchev–Trinajstić information content (AvgIpc) is 2.43. The monoisotopic (exact) mass is 333 g/mol. The van der Waals surface area contributed by atoms with Gasteiger partial charge in [-0.2, -0.15) is 0 Å². The first-order chi connectivity index (χ1) is 9.51. The van der Waals surface area contributed by atoms with Gasteiger partial charge in [-0.1, -0.05) is 27.6 Å². The summed E-state index contributed by atoms with van der Waals surface area (Å²) in [6.07, 6.45) is 0. The van der Waals surface area contributed by atoms with Crippen LogP contribution in [0.4, 0.5) is 11.4 Å². The van der Waals surface area contributed by atoms with E-state index in [2.05, 4.69) is 26.7 Å². The lowest BCUT2D eigenvalue weighted by atomic mass is 10.1. The smallest absolute Gasteiger partial charge is 0.257 e. The van der Waals surface area contributed by atoms with Crippen molar-refractivity contribution in [3.8, 4) is 0 Å². The number of nitrogens with two attached hydrogens (primary N) is 1. The number of hydrazine groups is 1. The van der Waals surface area contributed by atoms with E-state index in [1.165, 1.54) is 0 Å². The Morgan fingerprint density at radius 1 is 1.15 bits per heavy atom. The van der Waals surface area contributed by atoms with Gasteiger partial charge in [0.25, 0.3) is 5.91 Å². The third-order valence-electron chi connectivity index (χ3n) is 2.99. The number of anilines is 2. The van der Waals surface area contributed by atoms with Crippen molar-refractivity contribution < 1.29 is 4.79 Å². The number of halogens is 1. The Labute approximate surface area is 126 Å². The van der Waals surface area contributed by atoms with Gasteiger partial charge in [-0.15, -0.1) is 0 Å². The molecule has 5 heteroatoms. The van der Waals surface area contributed by atoms with Crippen molar-refractivity contribution in [1.82, 2.24) is 0 Å². The number of carbonyl (C=O) groups excluding carboxylic acids is 1. The maximum atomic E-state index is 12.3. The minimum atomic E-state index is -0.191. The second-order valence-electron chi connectivity index (χ2n) is 4.61. The van der Waals surface area contributed by atoms with Gasteiger partial charge in [0.15, 0.2) is 0 Å². The molecule has 104 valence electrons. The third-order valence-corrected chi connectivity index (χ3v) is 3.88. The van der Waals surface area contributed by atoms with Crippen LogP contribution in [0.25, 0.3) is 0 Å². The van der Waals surface area contributed by atoms with Crippen LogP contribution in [0.3, 0.4) is 0 Å². The zero-order valence-electron chi connectivity index (χ0n) is 11.3. The maximum Gasteiger partial charge on any atom is 0.257 e. The van der Waals surface area contributed by atoms with Crippen molar-refractivity contribution >= 4 is 33.2 Å². The number of aryl methyl sites for hydroxylation is 2. The minimum Gasteiger partial charge on any atom is -0.323 e. The summed E-state index contributed by atoms with van der Waals surface area (Å²) in [6.45, 7) is 3.90. The predicted molar refractivity (Wildman–Crippen MR) is 85.8 cm³/mol. The SMILES string of the molecule is Cc1ccc(NN)c(C(=O)Nc2ccc(Br)c(C)c2)c1. The van der Waals surface area contributed by atoms with Gasteiger partial charge in [-0.3, -0.25) is 10.6 Å². The van der Waals surface area contributed by atoms with Gasteiger partial charge >= 0.3 is 0 Å². The van der Waals surface area contributed by atoms with Crippen LogP contribution in [-0.4, -0.2) is 5.91 Å². The fourth-order valence-electron chi connectivity index (χ4n) is 1.89. The molecule has 0 aliphatic rings. The minimum absolute atomic E-state index is 0.191. The molecule has 0 saturated heterocycles. The lowest BCUT2D eigenvalue weighted by Crippen LogP contribution is -2.17. The molecule has 0 saturated carbocycles. The molecule has 0 radical (unpaired) electrons. The highest BCUT2D eigenvalue weighted by Crippen LogP contribution is 2.22. The topological polar surface area (TPSA) is 67.1 Å². The number of nitrogens with one attached hydrogen (secondary N) is 2. The standard InChI is InChI=1S/C15H16BrN3O/c1-9-3-6-14(19-17)12(7-9)15(20)18-11-4-5-13(16)10(2)8-11/h3-8,19H,17H2,1-2H3,(H,18,20). The Morgan fingerprint density at radius 2 is 1.90 bits per heavy atom. The summed E-state index contributed by atoms with van der Waals surface area (Å²) in [4.78, 5) is 12.3. The van der Waals surface area contributed by atoms with E-state index in [-0.39, 0.29) is 5.91 Å². The lowest BCUT2D eigenvalue weighted by Gasteiger charge is -2.11. The van der Waals surface area contributed by atoms with Crippen molar-refractivity contribution in [3.05, 3.63) is 57.6 Å². The van der Waals surface area contributed by atoms with Gasteiger partial charge in [0.2, 0.25) is 0 Å². The fraction of sp³-hybridized carbons (Fsp3) is 0.133. The highest BCUT2D eigenvalue weighted by atomic mass is 79.9. The Bertz CT molecular complexity index is 656. The molecule has 0 fully saturated rings. The van der Waals surface area contributed by atoms with E-state index in [4.69, 9.17) is 5.84 Å². The summed E-state index contributed by atoms with van der Waals surface area (Å²) >= 11 is 3.43. The van der Waals surface area contributed by atoms with Crippen LogP contribution in [0, 0.1) is 13.8 Å². The van der Waals surface area contributed by atoms with Crippen molar-refractivity contribution in [2.24, 2.45) is 5.84 Å². The second-order valence-corrected chi connectivity index (χ2v) is 5.47. The van der Waals surface area contributed by atoms with Crippen molar-refractivity contribution in [3.63, 3.8) is 0 Å². The van der Waals surface area contributed by atoms with Crippen LogP contribution in [-0.2, 0) is 0 Å². The zero-order chi connectivity index (χ0) is 14.7. The molecule has 0 aromatic heterocycles. The number of carbonyl (C=O) groups is 1. The molecule has 4 N–H and O–H groups in total. The van der Waals surface area contributed by atoms with Crippen molar-refractivity contribution in [2.75, 3.05) is 10.7 Å². The van der Waals surface area contributed by atoms with E-state index in [1.807, 2.05) is 38.1 Å². The number of nitrogen functional groups attached to an aromatic ring is 1. The maximum absolute atomic E-state index is 12.3. The first-order valence-electron chi connectivity index (χ1n) is 6.16. The van der Waals surface area contributed by atoms with Crippen molar-refractivity contribution in [1.29, 1.82) is 0 Å². The Morgan fingerprint density at radius 3 is 2.55 bits per heavy atom. The predicted octanol–water partition coefficient (Wildman–Crippen LogP) is 3.60. The first kappa shape index (κ1) is 14.6. The van der Waals surface area contributed by atoms with E-state index in [1.54, 1.807) is 12.1 Å². The molecule has 1 amide bonds. The van der Waals surface area contributed by atoms with Gasteiger partial charge in [0.1, 0.15) is 0 Å². The van der Waals surface area contributed by atoms with Crippen LogP contribution in [0.5, 0.6) is 0 Å². The van der Waals surface area contributed by atoms with Crippen LogP contribution >= 0.6 is 15.9 Å². The van der Waals surface area contributed by atoms with E-state index in [0.717, 1.165) is 21.3 Å². The molecule has 0 spiro atoms. The van der Waals surface area contributed by atoms with Gasteiger partial charge in [0, 0.05) is 10.2 Å². The zero-order valence-corrected chi connectivity index (χ0v) is 12.9. The molecule has 0 aliphatic heterocycles. The molecule has 0 bridgehead atoms. The third kappa shape index (κ3) is 3.18. The van der Waals surface area contributed by atoms with E-state index < -0.39 is 0 Å². The number of amides is 1. The summed E-state index contributed by atoms with van der Waals surface area (Å²) in [6, 6.07) is 11.2. The highest BCUT2D eigenvalue weighted by molar-refractivity contribution is 9.10. The van der Waals surface area contributed by atoms with E-state index in [9.17, 15) is 4.79 Å². The van der Waals surface area contributed by atoms with E-state index in [0.29, 0.717) is 11.3 Å². The Hall–Kier alpha value is -1.85. The Balaban J connectivity index is 2.27. The van der Waals surface area contributed by atoms with Crippen molar-refractivity contribution in [2.45, 2.75) is 13.8 Å². The largest absolute Gasteiger partial charge is 0.323 e. The Kier molecular flexibility index (Phi) is 4.42. The summed E-state index contributed by atoms with van der Waals surface area (Å²) in [5.41, 5.74) is 6.47. The summed E-state index contributed by atoms with van der Waals surface area (Å²) < 4.78 is 1.01. The van der Waals surface area contributed by atoms with Gasteiger partial charge in [-0.05, 0) is 49.7 Å². The fourth-order valence-corrected chi connectivity index (χ4v) is 2.14. The molecular formula is C15H16BrN3O. The molecular weight excluding hydrogens is 318 g/mol. The van der Waals surface area contributed by atoms with Crippen LogP contribution < -0.4 is 16.6 Å². The van der Waals surface area contributed by atoms with E-state index >= 15 is 0 Å². The molecule has 0 unspecified atom stereocenters. The molecule has 0 atom stereocenters. The van der Waals surface area contributed by atoms with Gasteiger partial charge in [-0.25, -0.2) is 0 Å². The molecule has 2 rings (SSSR count). The number of rotatable bonds is 3. The van der Waals surface area contributed by atoms with Gasteiger partial charge < -0.3 is 10.7 Å². The molecule has 20 heavy (non-hydrogen) atoms. The van der Waals surface area contributed by atoms with Crippen LogP contribution in [0.15, 0.2) is 40.9 Å². The summed E-state index contributed by atoms with van der Waals surface area (Å²) in [5, 5.41) is 2.87. The number of hydrogen-bond donors (Lipinski definition) is 3. The first-order valence-corrected chi connectivity index (χ1v) is 6.95. The van der Waals surface area contributed by atoms with Crippen LogP contribution in [0.2, 0.25) is 0 Å². The molecule has 0 heterocycles. The molecule has 2 aromatic carbocycles. The number of hydrogen-bond acceptors (Lipinski definition) is 3. The molecule has 4 nitrogen and oxygen atoms in total. The second kappa shape index (κ2) is 6.07. The molecule has 2 aromatic rings. The average molecular weight is 334 g/mol.